The van der Waals surface area contributed by atoms with Gasteiger partial charge < -0.3 is 20.5 Å². The van der Waals surface area contributed by atoms with Crippen LogP contribution < -0.4 is 10.6 Å². The Balaban J connectivity index is 0. The topological polar surface area (TPSA) is 83.5 Å². The van der Waals surface area contributed by atoms with Crippen molar-refractivity contribution in [3.05, 3.63) is 66.1 Å². The molecule has 34 heavy (non-hydrogen) atoms. The number of benzene rings is 1. The van der Waals surface area contributed by atoms with Crippen molar-refractivity contribution in [1.82, 2.24) is 10.3 Å². The molecule has 1 atom stereocenters. The summed E-state index contributed by atoms with van der Waals surface area (Å²) in [6.07, 6.45) is 8.79. The molecule has 1 unspecified atom stereocenters. The molecule has 1 aromatic carbocycles. The van der Waals surface area contributed by atoms with Gasteiger partial charge in [0.25, 0.3) is 5.91 Å². The zero-order valence-electron chi connectivity index (χ0n) is 22.5. The largest absolute Gasteiger partial charge is 0.508 e. The molecule has 6 heteroatoms. The number of phenols is 1. The van der Waals surface area contributed by atoms with E-state index in [2.05, 4.69) is 35.5 Å². The minimum Gasteiger partial charge on any atom is -0.508 e. The highest BCUT2D eigenvalue weighted by Gasteiger charge is 2.10. The van der Waals surface area contributed by atoms with E-state index in [1.165, 1.54) is 12.1 Å². The van der Waals surface area contributed by atoms with Crippen LogP contribution in [0.3, 0.4) is 0 Å². The van der Waals surface area contributed by atoms with Crippen molar-refractivity contribution >= 4 is 11.6 Å². The average molecular weight is 474 g/mol. The van der Waals surface area contributed by atoms with Crippen molar-refractivity contribution in [2.75, 3.05) is 18.5 Å². The van der Waals surface area contributed by atoms with Gasteiger partial charge in [-0.25, -0.2) is 0 Å². The first-order valence-electron chi connectivity index (χ1n) is 12.5. The first-order valence-corrected chi connectivity index (χ1v) is 12.5. The first-order chi connectivity index (χ1) is 16.5. The normalized spacial score (nSPS) is 10.5. The lowest BCUT2D eigenvalue weighted by Gasteiger charge is -2.16. The number of nitrogens with one attached hydrogen (secondary N) is 2. The molecular weight excluding hydrogens is 426 g/mol. The molecule has 0 radical (unpaired) electrons. The molecule has 192 valence electrons. The Hall–Kier alpha value is -2.86. The number of rotatable bonds is 10. The fourth-order valence-corrected chi connectivity index (χ4v) is 2.35. The van der Waals surface area contributed by atoms with E-state index in [1.807, 2.05) is 66.1 Å². The first kappa shape index (κ1) is 33.3. The van der Waals surface area contributed by atoms with Crippen LogP contribution in [0.15, 0.2) is 54.9 Å². The number of amides is 1. The lowest BCUT2D eigenvalue weighted by atomic mass is 10.2. The summed E-state index contributed by atoms with van der Waals surface area (Å²) in [4.78, 5) is 16.0. The predicted molar refractivity (Wildman–Crippen MR) is 145 cm³/mol. The van der Waals surface area contributed by atoms with Crippen LogP contribution in [0.25, 0.3) is 0 Å². The van der Waals surface area contributed by atoms with Crippen molar-refractivity contribution < 1.29 is 14.6 Å². The Morgan fingerprint density at radius 1 is 1.06 bits per heavy atom. The third kappa shape index (κ3) is 16.7. The minimum atomic E-state index is -0.145. The van der Waals surface area contributed by atoms with Gasteiger partial charge in [-0.2, -0.15) is 0 Å². The maximum Gasteiger partial charge on any atom is 0.251 e. The monoisotopic (exact) mass is 473 g/mol. The van der Waals surface area contributed by atoms with Crippen molar-refractivity contribution in [1.29, 1.82) is 0 Å². The average Bonchev–Trinajstić information content (AvgIpc) is 2.88. The molecule has 1 amide bonds. The number of pyridine rings is 1. The summed E-state index contributed by atoms with van der Waals surface area (Å²) in [6.45, 7) is 17.4. The molecule has 2 aromatic rings. The van der Waals surface area contributed by atoms with E-state index in [-0.39, 0.29) is 17.8 Å². The van der Waals surface area contributed by atoms with Crippen LogP contribution in [0.2, 0.25) is 0 Å². The Labute approximate surface area is 207 Å². The van der Waals surface area contributed by atoms with Gasteiger partial charge >= 0.3 is 0 Å². The highest BCUT2D eigenvalue weighted by atomic mass is 16.5. The minimum absolute atomic E-state index is 0.0611. The molecule has 3 N–H and O–H groups in total. The third-order valence-electron chi connectivity index (χ3n) is 4.15. The van der Waals surface area contributed by atoms with Gasteiger partial charge in [0.2, 0.25) is 0 Å². The van der Waals surface area contributed by atoms with Gasteiger partial charge in [-0.3, -0.25) is 9.78 Å². The fraction of sp³-hybridized carbons (Fsp3) is 0.500. The van der Waals surface area contributed by atoms with Gasteiger partial charge in [-0.1, -0.05) is 54.5 Å². The van der Waals surface area contributed by atoms with Crippen molar-refractivity contribution in [2.24, 2.45) is 0 Å². The quantitative estimate of drug-likeness (QED) is 0.342. The molecule has 2 rings (SSSR count). The van der Waals surface area contributed by atoms with E-state index in [9.17, 15) is 4.79 Å². The SMILES string of the molecule is CC.CC.CC/C=C/Nc1ccc(C)nc1.CCCOC(CC)CNC(=O)c1ccc(O)cc1. The van der Waals surface area contributed by atoms with Crippen LogP contribution in [-0.2, 0) is 4.74 Å². The maximum atomic E-state index is 11.8. The Morgan fingerprint density at radius 3 is 2.21 bits per heavy atom. The highest BCUT2D eigenvalue weighted by Crippen LogP contribution is 2.09. The van der Waals surface area contributed by atoms with Crippen LogP contribution in [0, 0.1) is 6.92 Å². The number of nitrogens with zero attached hydrogens (tertiary/aromatic N) is 1. The zero-order valence-corrected chi connectivity index (χ0v) is 22.5. The second-order valence-corrected chi connectivity index (χ2v) is 6.80. The van der Waals surface area contributed by atoms with Gasteiger partial charge in [0.1, 0.15) is 5.75 Å². The second kappa shape index (κ2) is 23.3. The number of phenolic OH excluding ortho intramolecular Hbond substituents is 1. The second-order valence-electron chi connectivity index (χ2n) is 6.80. The van der Waals surface area contributed by atoms with Gasteiger partial charge in [0.15, 0.2) is 0 Å². The van der Waals surface area contributed by atoms with E-state index in [1.54, 1.807) is 12.1 Å². The molecule has 0 aliphatic rings. The fourth-order valence-electron chi connectivity index (χ4n) is 2.35. The molecule has 0 bridgehead atoms. The van der Waals surface area contributed by atoms with Gasteiger partial charge in [-0.05, 0) is 68.8 Å². The summed E-state index contributed by atoms with van der Waals surface area (Å²) in [7, 11) is 0. The van der Waals surface area contributed by atoms with Crippen molar-refractivity contribution in [2.45, 2.75) is 80.8 Å². The van der Waals surface area contributed by atoms with Gasteiger partial charge in [-0.15, -0.1) is 0 Å². The number of allylic oxidation sites excluding steroid dienone is 1. The van der Waals surface area contributed by atoms with Crippen LogP contribution in [0.5, 0.6) is 5.75 Å². The summed E-state index contributed by atoms with van der Waals surface area (Å²) in [5.41, 5.74) is 2.61. The number of carbonyl (C=O) groups excluding carboxylic acids is 1. The summed E-state index contributed by atoms with van der Waals surface area (Å²) in [6, 6.07) is 10.2. The Bertz CT molecular complexity index is 744. The van der Waals surface area contributed by atoms with Crippen LogP contribution in [-0.4, -0.2) is 35.3 Å². The van der Waals surface area contributed by atoms with E-state index in [4.69, 9.17) is 9.84 Å². The lowest BCUT2D eigenvalue weighted by Crippen LogP contribution is -2.33. The molecular formula is C28H47N3O3. The number of anilines is 1. The van der Waals surface area contributed by atoms with Crippen LogP contribution in [0.4, 0.5) is 5.69 Å². The number of hydrogen-bond acceptors (Lipinski definition) is 5. The lowest BCUT2D eigenvalue weighted by molar-refractivity contribution is 0.0491. The highest BCUT2D eigenvalue weighted by molar-refractivity contribution is 5.94. The van der Waals surface area contributed by atoms with E-state index in [0.29, 0.717) is 18.7 Å². The molecule has 0 fully saturated rings. The number of aryl methyl sites for hydroxylation is 1. The number of aromatic hydroxyl groups is 1. The molecule has 0 saturated heterocycles. The molecule has 0 saturated carbocycles. The zero-order chi connectivity index (χ0) is 26.2. The van der Waals surface area contributed by atoms with Crippen LogP contribution >= 0.6 is 0 Å². The third-order valence-corrected chi connectivity index (χ3v) is 4.15. The molecule has 0 spiro atoms. The molecule has 0 aliphatic carbocycles. The summed E-state index contributed by atoms with van der Waals surface area (Å²) >= 11 is 0. The predicted octanol–water partition coefficient (Wildman–Crippen LogP) is 7.11. The smallest absolute Gasteiger partial charge is 0.251 e. The molecule has 1 heterocycles. The van der Waals surface area contributed by atoms with E-state index < -0.39 is 0 Å². The summed E-state index contributed by atoms with van der Waals surface area (Å²) in [5.74, 6) is 0.0119. The Morgan fingerprint density at radius 2 is 1.71 bits per heavy atom. The number of hydrogen-bond donors (Lipinski definition) is 3. The van der Waals surface area contributed by atoms with Crippen molar-refractivity contribution in [3.8, 4) is 5.75 Å². The standard InChI is InChI=1S/C14H21NO3.C10H14N2.2C2H6/c1-3-9-18-13(4-2)10-15-14(17)11-5-7-12(16)8-6-11;1-3-4-7-11-10-6-5-9(2)12-8-10;2*1-2/h5-8,13,16H,3-4,9-10H2,1-2H3,(H,15,17);4-8,11H,3H2,1-2H3;2*1-2H3/b;7-4+;;. The van der Waals surface area contributed by atoms with Crippen LogP contribution in [0.1, 0.15) is 83.8 Å². The number of ether oxygens (including phenoxy) is 1. The number of aromatic nitrogens is 1. The Kier molecular flexibility index (Phi) is 22.8. The molecule has 1 aromatic heterocycles. The van der Waals surface area contributed by atoms with E-state index in [0.717, 1.165) is 30.6 Å². The van der Waals surface area contributed by atoms with Gasteiger partial charge in [0.05, 0.1) is 18.0 Å². The number of carbonyl (C=O) groups is 1. The molecule has 6 nitrogen and oxygen atoms in total. The van der Waals surface area contributed by atoms with Gasteiger partial charge in [0, 0.05) is 24.4 Å². The summed E-state index contributed by atoms with van der Waals surface area (Å²) in [5, 5.41) is 15.1. The summed E-state index contributed by atoms with van der Waals surface area (Å²) < 4.78 is 5.59. The maximum absolute atomic E-state index is 11.8. The molecule has 0 aliphatic heterocycles. The van der Waals surface area contributed by atoms with Crippen molar-refractivity contribution in [3.63, 3.8) is 0 Å². The van der Waals surface area contributed by atoms with E-state index >= 15 is 0 Å².